The topological polar surface area (TPSA) is 3.24 Å². The Balaban J connectivity index is 1.06. The quantitative estimate of drug-likeness (QED) is 0.153. The summed E-state index contributed by atoms with van der Waals surface area (Å²) in [5, 5.41) is 10.4. The van der Waals surface area contributed by atoms with Gasteiger partial charge in [0, 0.05) is 37.2 Å². The first-order valence-corrected chi connectivity index (χ1v) is 20.5. The van der Waals surface area contributed by atoms with E-state index in [1.54, 1.807) is 0 Å². The van der Waals surface area contributed by atoms with E-state index in [4.69, 9.17) is 0 Å². The third-order valence-corrected chi connectivity index (χ3v) is 13.4. The minimum atomic E-state index is -0.493. The van der Waals surface area contributed by atoms with Gasteiger partial charge in [-0.2, -0.15) is 0 Å². The first-order chi connectivity index (χ1) is 28.2. The molecule has 0 aliphatic heterocycles. The molecule has 11 aromatic rings. The Bertz CT molecular complexity index is 3310. The van der Waals surface area contributed by atoms with E-state index >= 15 is 0 Å². The lowest BCUT2D eigenvalue weighted by Crippen LogP contribution is -2.28. The SMILES string of the molecule is c1ccc(N(c2ccccc2)c2ccc3cc(-c4cc5c6c(ccc7cccc(c76)C5(c5ccccc5)c5ccc6c(c5)sc5ccccc56)c4)ccc3c2)cc1. The zero-order valence-corrected chi connectivity index (χ0v) is 31.9. The van der Waals surface area contributed by atoms with Gasteiger partial charge in [0.1, 0.15) is 0 Å². The van der Waals surface area contributed by atoms with Crippen molar-refractivity contribution in [3.63, 3.8) is 0 Å². The lowest BCUT2D eigenvalue weighted by molar-refractivity contribution is 0.773. The molecule has 0 radical (unpaired) electrons. The summed E-state index contributed by atoms with van der Waals surface area (Å²) < 4.78 is 2.66. The van der Waals surface area contributed by atoms with Gasteiger partial charge in [0.25, 0.3) is 0 Å². The third kappa shape index (κ3) is 4.81. The minimum Gasteiger partial charge on any atom is -0.310 e. The van der Waals surface area contributed by atoms with Gasteiger partial charge in [-0.05, 0) is 132 Å². The zero-order chi connectivity index (χ0) is 37.5. The summed E-state index contributed by atoms with van der Waals surface area (Å²) in [5.41, 5.74) is 10.7. The molecule has 0 bridgehead atoms. The number of hydrogen-bond acceptors (Lipinski definition) is 2. The molecular weight excluding hydrogens is 707 g/mol. The summed E-state index contributed by atoms with van der Waals surface area (Å²) in [4.78, 5) is 2.33. The monoisotopic (exact) mass is 741 g/mol. The predicted molar refractivity (Wildman–Crippen MR) is 244 cm³/mol. The molecular formula is C55H35NS. The van der Waals surface area contributed by atoms with E-state index in [0.717, 1.165) is 17.1 Å². The lowest BCUT2D eigenvalue weighted by Gasteiger charge is -2.34. The summed E-state index contributed by atoms with van der Waals surface area (Å²) in [5.74, 6) is 0. The highest BCUT2D eigenvalue weighted by Gasteiger charge is 2.45. The summed E-state index contributed by atoms with van der Waals surface area (Å²) in [6.45, 7) is 0. The van der Waals surface area contributed by atoms with E-state index in [1.807, 2.05) is 11.3 Å². The summed E-state index contributed by atoms with van der Waals surface area (Å²) in [6.07, 6.45) is 0. The Morgan fingerprint density at radius 1 is 0.333 bits per heavy atom. The maximum atomic E-state index is 2.51. The number of thiophene rings is 1. The van der Waals surface area contributed by atoms with Gasteiger partial charge in [0.2, 0.25) is 0 Å². The molecule has 12 rings (SSSR count). The van der Waals surface area contributed by atoms with Gasteiger partial charge >= 0.3 is 0 Å². The van der Waals surface area contributed by atoms with Crippen LogP contribution in [0.3, 0.4) is 0 Å². The van der Waals surface area contributed by atoms with Crippen LogP contribution in [0, 0.1) is 0 Å². The molecule has 1 aliphatic carbocycles. The number of rotatable bonds is 6. The fraction of sp³-hybridized carbons (Fsp3) is 0.0182. The second kappa shape index (κ2) is 12.5. The summed E-state index contributed by atoms with van der Waals surface area (Å²) in [6, 6.07) is 78.8. The highest BCUT2D eigenvalue weighted by Crippen LogP contribution is 2.57. The van der Waals surface area contributed by atoms with Crippen molar-refractivity contribution in [1.82, 2.24) is 0 Å². The maximum absolute atomic E-state index is 2.51. The minimum absolute atomic E-state index is 0.493. The zero-order valence-electron chi connectivity index (χ0n) is 31.1. The van der Waals surface area contributed by atoms with Crippen LogP contribution in [-0.4, -0.2) is 0 Å². The van der Waals surface area contributed by atoms with Crippen molar-refractivity contribution in [3.8, 4) is 11.1 Å². The first-order valence-electron chi connectivity index (χ1n) is 19.7. The van der Waals surface area contributed by atoms with Gasteiger partial charge in [0.05, 0.1) is 5.41 Å². The van der Waals surface area contributed by atoms with Gasteiger partial charge in [-0.15, -0.1) is 11.3 Å². The van der Waals surface area contributed by atoms with Crippen LogP contribution in [-0.2, 0) is 5.41 Å². The Labute approximate surface area is 335 Å². The van der Waals surface area contributed by atoms with Crippen LogP contribution in [0.5, 0.6) is 0 Å². The Hall–Kier alpha value is -7.00. The highest BCUT2D eigenvalue weighted by molar-refractivity contribution is 7.25. The molecule has 1 aliphatic rings. The number of anilines is 3. The fourth-order valence-corrected chi connectivity index (χ4v) is 10.9. The number of para-hydroxylation sites is 2. The fourth-order valence-electron chi connectivity index (χ4n) is 9.75. The molecule has 0 N–H and O–H groups in total. The molecule has 1 unspecified atom stereocenters. The van der Waals surface area contributed by atoms with Crippen LogP contribution < -0.4 is 4.90 Å². The molecule has 0 amide bonds. The van der Waals surface area contributed by atoms with Gasteiger partial charge in [-0.1, -0.05) is 146 Å². The number of benzene rings is 10. The maximum Gasteiger partial charge on any atom is 0.0714 e. The van der Waals surface area contributed by atoms with E-state index in [-0.39, 0.29) is 0 Å². The summed E-state index contributed by atoms with van der Waals surface area (Å²) >= 11 is 1.90. The molecule has 2 heteroatoms. The Morgan fingerprint density at radius 2 is 0.965 bits per heavy atom. The smallest absolute Gasteiger partial charge is 0.0714 e. The van der Waals surface area contributed by atoms with Crippen LogP contribution in [0.1, 0.15) is 22.3 Å². The van der Waals surface area contributed by atoms with Crippen LogP contribution in [0.15, 0.2) is 212 Å². The molecule has 57 heavy (non-hydrogen) atoms. The third-order valence-electron chi connectivity index (χ3n) is 12.2. The number of fused-ring (bicyclic) bond motifs is 4. The Morgan fingerprint density at radius 3 is 1.77 bits per heavy atom. The number of hydrogen-bond donors (Lipinski definition) is 0. The molecule has 0 saturated carbocycles. The first kappa shape index (κ1) is 32.3. The lowest BCUT2D eigenvalue weighted by atomic mass is 9.67. The van der Waals surface area contributed by atoms with Crippen molar-refractivity contribution in [3.05, 3.63) is 235 Å². The van der Waals surface area contributed by atoms with Crippen LogP contribution in [0.2, 0.25) is 0 Å². The van der Waals surface area contributed by atoms with E-state index in [0.29, 0.717) is 0 Å². The Kier molecular flexibility index (Phi) is 7.08. The second-order valence-electron chi connectivity index (χ2n) is 15.3. The van der Waals surface area contributed by atoms with Crippen LogP contribution in [0.25, 0.3) is 63.6 Å². The van der Waals surface area contributed by atoms with E-state index in [1.165, 1.54) is 85.9 Å². The standard InChI is InChI=1S/C55H35NS/c1-4-14-42(15-5-1)55(43-28-30-48-47-20-10-11-22-51(47)57-52(48)35-43)49-21-12-13-36-23-26-40-32-41(34-50(55)54(40)53(36)49)38-24-25-39-33-46(29-27-37(39)31-38)56(44-16-6-2-7-17-44)45-18-8-3-9-19-45/h1-35H. The van der Waals surface area contributed by atoms with Gasteiger partial charge < -0.3 is 4.90 Å². The molecule has 1 atom stereocenters. The number of nitrogens with zero attached hydrogens (tertiary/aromatic N) is 1. The average molecular weight is 742 g/mol. The molecule has 1 nitrogen and oxygen atoms in total. The highest BCUT2D eigenvalue weighted by atomic mass is 32.1. The van der Waals surface area contributed by atoms with Crippen LogP contribution >= 0.6 is 11.3 Å². The molecule has 1 heterocycles. The largest absolute Gasteiger partial charge is 0.310 e. The van der Waals surface area contributed by atoms with Crippen molar-refractivity contribution in [2.45, 2.75) is 5.41 Å². The van der Waals surface area contributed by atoms with Gasteiger partial charge in [-0.3, -0.25) is 0 Å². The van der Waals surface area contributed by atoms with E-state index in [2.05, 4.69) is 217 Å². The normalized spacial score (nSPS) is 14.7. The molecule has 266 valence electrons. The van der Waals surface area contributed by atoms with Gasteiger partial charge in [0.15, 0.2) is 0 Å². The van der Waals surface area contributed by atoms with Crippen molar-refractivity contribution in [1.29, 1.82) is 0 Å². The molecule has 10 aromatic carbocycles. The predicted octanol–water partition coefficient (Wildman–Crippen LogP) is 15.3. The van der Waals surface area contributed by atoms with Crippen molar-refractivity contribution >= 4 is 80.9 Å². The molecule has 1 aromatic heterocycles. The van der Waals surface area contributed by atoms with E-state index < -0.39 is 5.41 Å². The summed E-state index contributed by atoms with van der Waals surface area (Å²) in [7, 11) is 0. The second-order valence-corrected chi connectivity index (χ2v) is 16.4. The molecule has 0 fully saturated rings. The van der Waals surface area contributed by atoms with Crippen molar-refractivity contribution in [2.75, 3.05) is 4.90 Å². The van der Waals surface area contributed by atoms with Crippen molar-refractivity contribution in [2.24, 2.45) is 0 Å². The van der Waals surface area contributed by atoms with Gasteiger partial charge in [-0.25, -0.2) is 0 Å². The van der Waals surface area contributed by atoms with Crippen LogP contribution in [0.4, 0.5) is 17.1 Å². The molecule has 0 spiro atoms. The molecule has 0 saturated heterocycles. The van der Waals surface area contributed by atoms with E-state index in [9.17, 15) is 0 Å². The van der Waals surface area contributed by atoms with Crippen molar-refractivity contribution < 1.29 is 0 Å². The average Bonchev–Trinajstić information content (AvgIpc) is 3.80.